The minimum absolute atomic E-state index is 0.106. The van der Waals surface area contributed by atoms with Crippen LogP contribution < -0.4 is 15.2 Å². The number of piperidine rings is 1. The number of methoxy groups -OCH3 is 1. The maximum atomic E-state index is 14.1. The molecule has 1 atom stereocenters. The molecule has 7 nitrogen and oxygen atoms in total. The van der Waals surface area contributed by atoms with Crippen molar-refractivity contribution < 1.29 is 13.9 Å². The van der Waals surface area contributed by atoms with Crippen LogP contribution in [0.15, 0.2) is 53.6 Å². The van der Waals surface area contributed by atoms with E-state index < -0.39 is 5.82 Å². The highest BCUT2D eigenvalue weighted by atomic mass is 19.1. The van der Waals surface area contributed by atoms with Crippen LogP contribution in [-0.2, 0) is 7.05 Å². The lowest BCUT2D eigenvalue weighted by molar-refractivity contribution is 0.0906. The summed E-state index contributed by atoms with van der Waals surface area (Å²) in [5.41, 5.74) is 1.50. The lowest BCUT2D eigenvalue weighted by atomic mass is 9.90. The summed E-state index contributed by atoms with van der Waals surface area (Å²) < 4.78 is 20.5. The molecule has 160 valence electrons. The van der Waals surface area contributed by atoms with E-state index in [9.17, 15) is 14.0 Å². The van der Waals surface area contributed by atoms with Crippen molar-refractivity contribution in [3.8, 4) is 17.0 Å². The Morgan fingerprint density at radius 1 is 1.19 bits per heavy atom. The highest BCUT2D eigenvalue weighted by Gasteiger charge is 2.29. The molecular weight excluding hydrogens is 399 g/mol. The van der Waals surface area contributed by atoms with Gasteiger partial charge < -0.3 is 9.64 Å². The van der Waals surface area contributed by atoms with Crippen molar-refractivity contribution in [2.45, 2.75) is 12.8 Å². The molecule has 0 saturated carbocycles. The third-order valence-electron chi connectivity index (χ3n) is 5.60. The summed E-state index contributed by atoms with van der Waals surface area (Å²) in [6, 6.07) is 9.36. The number of hydrogen-bond acceptors (Lipinski definition) is 6. The Morgan fingerprint density at radius 2 is 1.97 bits per heavy atom. The first-order valence-corrected chi connectivity index (χ1v) is 10.1. The van der Waals surface area contributed by atoms with E-state index in [0.29, 0.717) is 36.7 Å². The molecule has 0 N–H and O–H groups in total. The van der Waals surface area contributed by atoms with E-state index in [1.165, 1.54) is 29.9 Å². The fourth-order valence-electron chi connectivity index (χ4n) is 3.91. The number of halogens is 1. The van der Waals surface area contributed by atoms with Crippen LogP contribution in [0.25, 0.3) is 11.3 Å². The second-order valence-corrected chi connectivity index (χ2v) is 7.57. The van der Waals surface area contributed by atoms with E-state index in [1.54, 1.807) is 37.6 Å². The molecule has 0 amide bonds. The topological polar surface area (TPSA) is 77.3 Å². The third-order valence-corrected chi connectivity index (χ3v) is 5.60. The minimum Gasteiger partial charge on any atom is -0.494 e. The van der Waals surface area contributed by atoms with Gasteiger partial charge in [-0.25, -0.2) is 9.37 Å². The van der Waals surface area contributed by atoms with Gasteiger partial charge in [-0.05, 0) is 43.2 Å². The fraction of sp³-hybridized carbons (Fsp3) is 0.304. The van der Waals surface area contributed by atoms with E-state index in [1.807, 2.05) is 4.90 Å². The van der Waals surface area contributed by atoms with E-state index in [0.717, 1.165) is 12.0 Å². The van der Waals surface area contributed by atoms with Gasteiger partial charge in [0.05, 0.1) is 12.8 Å². The van der Waals surface area contributed by atoms with Crippen molar-refractivity contribution in [1.29, 1.82) is 0 Å². The van der Waals surface area contributed by atoms with Gasteiger partial charge in [0.15, 0.2) is 17.3 Å². The number of nitrogens with zero attached hydrogens (tertiary/aromatic N) is 4. The van der Waals surface area contributed by atoms with Gasteiger partial charge in [-0.3, -0.25) is 19.1 Å². The Balaban J connectivity index is 1.61. The third kappa shape index (κ3) is 4.19. The summed E-state index contributed by atoms with van der Waals surface area (Å²) in [7, 11) is 3.06. The first-order chi connectivity index (χ1) is 15.0. The normalized spacial score (nSPS) is 16.2. The first-order valence-electron chi connectivity index (χ1n) is 10.1. The molecule has 1 aliphatic heterocycles. The van der Waals surface area contributed by atoms with Gasteiger partial charge in [-0.1, -0.05) is 0 Å². The van der Waals surface area contributed by atoms with Gasteiger partial charge in [-0.15, -0.1) is 0 Å². The van der Waals surface area contributed by atoms with Crippen LogP contribution in [0.2, 0.25) is 0 Å². The summed E-state index contributed by atoms with van der Waals surface area (Å²) in [5.74, 6) is -0.383. The van der Waals surface area contributed by atoms with Crippen LogP contribution in [0.4, 0.5) is 10.3 Å². The smallest absolute Gasteiger partial charge is 0.255 e. The predicted octanol–water partition coefficient (Wildman–Crippen LogP) is 3.09. The Hall–Kier alpha value is -3.55. The highest BCUT2D eigenvalue weighted by molar-refractivity contribution is 5.98. The number of anilines is 1. The second kappa shape index (κ2) is 8.67. The number of pyridine rings is 1. The largest absolute Gasteiger partial charge is 0.494 e. The SMILES string of the molecule is COc1ccc(C(=O)C2CCCN(c3nc(-c4ccncc4)cc(=O)n3C)C2)cc1F. The summed E-state index contributed by atoms with van der Waals surface area (Å²) in [5, 5.41) is 0. The first kappa shape index (κ1) is 20.7. The number of aromatic nitrogens is 3. The zero-order chi connectivity index (χ0) is 22.0. The molecule has 4 rings (SSSR count). The minimum atomic E-state index is -0.560. The predicted molar refractivity (Wildman–Crippen MR) is 115 cm³/mol. The molecule has 2 aromatic heterocycles. The number of ether oxygens (including phenoxy) is 1. The lowest BCUT2D eigenvalue weighted by Crippen LogP contribution is -2.42. The second-order valence-electron chi connectivity index (χ2n) is 7.57. The van der Waals surface area contributed by atoms with Crippen LogP contribution in [0.1, 0.15) is 23.2 Å². The molecule has 0 bridgehead atoms. The quantitative estimate of drug-likeness (QED) is 0.588. The number of rotatable bonds is 5. The zero-order valence-corrected chi connectivity index (χ0v) is 17.4. The van der Waals surface area contributed by atoms with E-state index in [4.69, 9.17) is 9.72 Å². The molecule has 8 heteroatoms. The number of ketones is 1. The van der Waals surface area contributed by atoms with E-state index in [-0.39, 0.29) is 23.0 Å². The van der Waals surface area contributed by atoms with Crippen LogP contribution in [0.3, 0.4) is 0 Å². The lowest BCUT2D eigenvalue weighted by Gasteiger charge is -2.33. The van der Waals surface area contributed by atoms with E-state index >= 15 is 0 Å². The Kier molecular flexibility index (Phi) is 5.79. The number of Topliss-reactive ketones (excluding diaryl/α,β-unsaturated/α-hetero) is 1. The Labute approximate surface area is 179 Å². The average molecular weight is 422 g/mol. The molecule has 0 aliphatic carbocycles. The van der Waals surface area contributed by atoms with Crippen LogP contribution in [0, 0.1) is 11.7 Å². The molecule has 1 aliphatic rings. The molecule has 0 spiro atoms. The number of hydrogen-bond donors (Lipinski definition) is 0. The molecule has 1 aromatic carbocycles. The molecule has 31 heavy (non-hydrogen) atoms. The van der Waals surface area contributed by atoms with Gasteiger partial charge in [0.25, 0.3) is 5.56 Å². The number of carbonyl (C=O) groups excluding carboxylic acids is 1. The summed E-state index contributed by atoms with van der Waals surface area (Å²) in [6.07, 6.45) is 4.76. The molecule has 1 saturated heterocycles. The van der Waals surface area contributed by atoms with Gasteiger partial charge in [0.1, 0.15) is 0 Å². The molecule has 1 fully saturated rings. The highest BCUT2D eigenvalue weighted by Crippen LogP contribution is 2.27. The molecule has 1 unspecified atom stereocenters. The van der Waals surface area contributed by atoms with Crippen molar-refractivity contribution in [2.24, 2.45) is 13.0 Å². The fourth-order valence-corrected chi connectivity index (χ4v) is 3.91. The van der Waals surface area contributed by atoms with Crippen LogP contribution >= 0.6 is 0 Å². The van der Waals surface area contributed by atoms with Gasteiger partial charge >= 0.3 is 0 Å². The summed E-state index contributed by atoms with van der Waals surface area (Å²) in [6.45, 7) is 1.09. The monoisotopic (exact) mass is 422 g/mol. The van der Waals surface area contributed by atoms with Gasteiger partial charge in [0.2, 0.25) is 5.95 Å². The van der Waals surface area contributed by atoms with Gasteiger partial charge in [0, 0.05) is 55.6 Å². The summed E-state index contributed by atoms with van der Waals surface area (Å²) >= 11 is 0. The molecular formula is C23H23FN4O3. The Bertz CT molecular complexity index is 1160. The maximum absolute atomic E-state index is 14.1. The molecule has 3 heterocycles. The van der Waals surface area contributed by atoms with Crippen molar-refractivity contribution in [2.75, 3.05) is 25.1 Å². The standard InChI is InChI=1S/C23H23FN4O3/c1-27-21(29)13-19(15-7-9-25-10-8-15)26-23(27)28-11-3-4-17(14-28)22(30)16-5-6-20(31-2)18(24)12-16/h5-10,12-13,17H,3-4,11,14H2,1-2H3. The number of benzene rings is 1. The molecule has 3 aromatic rings. The zero-order valence-electron chi connectivity index (χ0n) is 17.4. The molecule has 0 radical (unpaired) electrons. The summed E-state index contributed by atoms with van der Waals surface area (Å²) in [4.78, 5) is 36.3. The van der Waals surface area contributed by atoms with Crippen LogP contribution in [0.5, 0.6) is 5.75 Å². The van der Waals surface area contributed by atoms with Crippen LogP contribution in [-0.4, -0.2) is 40.5 Å². The Morgan fingerprint density at radius 3 is 2.68 bits per heavy atom. The van der Waals surface area contributed by atoms with Crippen molar-refractivity contribution >= 4 is 11.7 Å². The van der Waals surface area contributed by atoms with E-state index in [2.05, 4.69) is 4.98 Å². The average Bonchev–Trinajstić information content (AvgIpc) is 2.81. The van der Waals surface area contributed by atoms with Crippen molar-refractivity contribution in [1.82, 2.24) is 14.5 Å². The van der Waals surface area contributed by atoms with Gasteiger partial charge in [-0.2, -0.15) is 0 Å². The van der Waals surface area contributed by atoms with Crippen molar-refractivity contribution in [3.05, 3.63) is 70.5 Å². The maximum Gasteiger partial charge on any atom is 0.255 e. The number of carbonyl (C=O) groups is 1. The van der Waals surface area contributed by atoms with Crippen molar-refractivity contribution in [3.63, 3.8) is 0 Å².